The third kappa shape index (κ3) is 2.94. The van der Waals surface area contributed by atoms with Gasteiger partial charge in [-0.1, -0.05) is 33.8 Å². The summed E-state index contributed by atoms with van der Waals surface area (Å²) in [6.45, 7) is 11.6. The summed E-state index contributed by atoms with van der Waals surface area (Å²) in [5.41, 5.74) is 1.84. The molecule has 4 nitrogen and oxygen atoms in total. The van der Waals surface area contributed by atoms with Gasteiger partial charge in [0, 0.05) is 6.54 Å². The van der Waals surface area contributed by atoms with E-state index in [0.717, 1.165) is 23.4 Å². The van der Waals surface area contributed by atoms with Crippen molar-refractivity contribution in [2.45, 2.75) is 41.2 Å². The third-order valence-corrected chi connectivity index (χ3v) is 4.29. The zero-order valence-corrected chi connectivity index (χ0v) is 13.4. The Bertz CT molecular complexity index is 648. The van der Waals surface area contributed by atoms with Crippen LogP contribution in [0.4, 0.5) is 0 Å². The van der Waals surface area contributed by atoms with E-state index >= 15 is 0 Å². The Morgan fingerprint density at radius 2 is 1.86 bits per heavy atom. The summed E-state index contributed by atoms with van der Waals surface area (Å²) in [6.07, 6.45) is 0. The number of rotatable bonds is 5. The lowest BCUT2D eigenvalue weighted by Crippen LogP contribution is -2.22. The number of para-hydroxylation sites is 1. The topological polar surface area (TPSA) is 55.1 Å². The highest BCUT2D eigenvalue weighted by Crippen LogP contribution is 2.27. The Balaban J connectivity index is 2.57. The normalized spacial score (nSPS) is 12.0. The first-order chi connectivity index (χ1) is 9.82. The molecule has 0 atom stereocenters. The summed E-state index contributed by atoms with van der Waals surface area (Å²) in [5, 5.41) is 9.43. The van der Waals surface area contributed by atoms with E-state index in [4.69, 9.17) is 0 Å². The van der Waals surface area contributed by atoms with Gasteiger partial charge in [0.15, 0.2) is 0 Å². The maximum absolute atomic E-state index is 11.5. The molecule has 0 aliphatic carbocycles. The molecule has 1 aromatic heterocycles. The molecule has 0 spiro atoms. The van der Waals surface area contributed by atoms with Gasteiger partial charge in [-0.25, -0.2) is 9.78 Å². The number of hydrogen-bond acceptors (Lipinski definition) is 2. The zero-order chi connectivity index (χ0) is 15.7. The number of nitrogens with zero attached hydrogens (tertiary/aromatic N) is 2. The van der Waals surface area contributed by atoms with Crippen molar-refractivity contribution < 1.29 is 9.90 Å². The molecule has 2 rings (SSSR count). The van der Waals surface area contributed by atoms with Crippen molar-refractivity contribution in [1.82, 2.24) is 9.55 Å². The maximum atomic E-state index is 11.5. The molecule has 0 amide bonds. The maximum Gasteiger partial charge on any atom is 0.337 e. The number of imidazole rings is 1. The molecule has 0 radical (unpaired) electrons. The summed E-state index contributed by atoms with van der Waals surface area (Å²) in [7, 11) is 0. The van der Waals surface area contributed by atoms with Gasteiger partial charge in [-0.2, -0.15) is 0 Å². The van der Waals surface area contributed by atoms with E-state index in [1.54, 1.807) is 12.1 Å². The van der Waals surface area contributed by atoms with Gasteiger partial charge in [0.05, 0.1) is 16.6 Å². The molecule has 0 fully saturated rings. The minimum atomic E-state index is -0.896. The molecule has 1 aromatic carbocycles. The quantitative estimate of drug-likeness (QED) is 0.905. The van der Waals surface area contributed by atoms with Gasteiger partial charge in [-0.05, 0) is 36.8 Å². The fourth-order valence-corrected chi connectivity index (χ4v) is 3.10. The summed E-state index contributed by atoms with van der Waals surface area (Å²) in [5.74, 6) is 1.55. The van der Waals surface area contributed by atoms with Gasteiger partial charge in [0.2, 0.25) is 0 Å². The van der Waals surface area contributed by atoms with Gasteiger partial charge in [0.25, 0.3) is 0 Å². The third-order valence-electron chi connectivity index (χ3n) is 4.29. The molecule has 1 heterocycles. The highest BCUT2D eigenvalue weighted by Gasteiger charge is 2.22. The Morgan fingerprint density at radius 1 is 1.24 bits per heavy atom. The Kier molecular flexibility index (Phi) is 4.35. The number of aromatic carboxylic acids is 1. The molecular weight excluding hydrogens is 264 g/mol. The van der Waals surface area contributed by atoms with Gasteiger partial charge in [-0.3, -0.25) is 0 Å². The summed E-state index contributed by atoms with van der Waals surface area (Å²) >= 11 is 0. The van der Waals surface area contributed by atoms with Crippen molar-refractivity contribution >= 4 is 17.0 Å². The fraction of sp³-hybridized carbons (Fsp3) is 0.529. The predicted octanol–water partition coefficient (Wildman–Crippen LogP) is 3.97. The second-order valence-electron chi connectivity index (χ2n) is 6.40. The van der Waals surface area contributed by atoms with Crippen molar-refractivity contribution in [3.8, 4) is 0 Å². The lowest BCUT2D eigenvalue weighted by Gasteiger charge is -2.26. The van der Waals surface area contributed by atoms with Crippen LogP contribution in [0.5, 0.6) is 0 Å². The minimum absolute atomic E-state index is 0.333. The van der Waals surface area contributed by atoms with E-state index < -0.39 is 5.97 Å². The van der Waals surface area contributed by atoms with Crippen LogP contribution in [0.25, 0.3) is 11.0 Å². The van der Waals surface area contributed by atoms with Crippen LogP contribution in [0.3, 0.4) is 0 Å². The second-order valence-corrected chi connectivity index (χ2v) is 6.40. The monoisotopic (exact) mass is 288 g/mol. The smallest absolute Gasteiger partial charge is 0.337 e. The number of aryl methyl sites for hydroxylation is 1. The SMILES string of the molecule is Cc1nc2cccc(C(=O)O)c2n1CC(C(C)C)C(C)C. The summed E-state index contributed by atoms with van der Waals surface area (Å²) in [6, 6.07) is 5.29. The first kappa shape index (κ1) is 15.5. The molecule has 0 aliphatic rings. The molecule has 0 aliphatic heterocycles. The number of benzene rings is 1. The molecule has 0 saturated carbocycles. The van der Waals surface area contributed by atoms with E-state index in [2.05, 4.69) is 37.2 Å². The van der Waals surface area contributed by atoms with Crippen molar-refractivity contribution in [1.29, 1.82) is 0 Å². The first-order valence-electron chi connectivity index (χ1n) is 7.52. The molecule has 0 bridgehead atoms. The Labute approximate surface area is 125 Å². The van der Waals surface area contributed by atoms with Gasteiger partial charge in [0.1, 0.15) is 5.82 Å². The minimum Gasteiger partial charge on any atom is -0.478 e. The van der Waals surface area contributed by atoms with E-state index in [9.17, 15) is 9.90 Å². The number of hydrogen-bond donors (Lipinski definition) is 1. The number of carboxylic acids is 1. The molecule has 114 valence electrons. The van der Waals surface area contributed by atoms with Crippen LogP contribution in [0.15, 0.2) is 18.2 Å². The standard InChI is InChI=1S/C17H24N2O2/c1-10(2)14(11(3)4)9-19-12(5)18-15-8-6-7-13(16(15)19)17(20)21/h6-8,10-11,14H,9H2,1-5H3,(H,20,21). The second kappa shape index (κ2) is 5.88. The summed E-state index contributed by atoms with van der Waals surface area (Å²) < 4.78 is 2.07. The predicted molar refractivity (Wildman–Crippen MR) is 84.6 cm³/mol. The molecule has 21 heavy (non-hydrogen) atoms. The van der Waals surface area contributed by atoms with Crippen LogP contribution in [-0.2, 0) is 6.54 Å². The number of aromatic nitrogens is 2. The van der Waals surface area contributed by atoms with Gasteiger partial charge in [-0.15, -0.1) is 0 Å². The first-order valence-corrected chi connectivity index (χ1v) is 7.52. The van der Waals surface area contributed by atoms with Crippen LogP contribution < -0.4 is 0 Å². The molecular formula is C17H24N2O2. The van der Waals surface area contributed by atoms with E-state index in [-0.39, 0.29) is 0 Å². The number of carbonyl (C=O) groups is 1. The van der Waals surface area contributed by atoms with Crippen molar-refractivity contribution in [2.24, 2.45) is 17.8 Å². The van der Waals surface area contributed by atoms with Crippen molar-refractivity contribution in [2.75, 3.05) is 0 Å². The average molecular weight is 288 g/mol. The van der Waals surface area contributed by atoms with Crippen LogP contribution in [0, 0.1) is 24.7 Å². The fourth-order valence-electron chi connectivity index (χ4n) is 3.10. The largest absolute Gasteiger partial charge is 0.478 e. The van der Waals surface area contributed by atoms with Crippen molar-refractivity contribution in [3.63, 3.8) is 0 Å². The molecule has 2 aromatic rings. The zero-order valence-electron chi connectivity index (χ0n) is 13.4. The van der Waals surface area contributed by atoms with Crippen LogP contribution in [0.2, 0.25) is 0 Å². The number of carboxylic acid groups (broad SMARTS) is 1. The van der Waals surface area contributed by atoms with Crippen molar-refractivity contribution in [3.05, 3.63) is 29.6 Å². The Hall–Kier alpha value is -1.84. The van der Waals surface area contributed by atoms with E-state index in [0.29, 0.717) is 23.3 Å². The molecule has 1 N–H and O–H groups in total. The van der Waals surface area contributed by atoms with E-state index in [1.807, 2.05) is 13.0 Å². The highest BCUT2D eigenvalue weighted by atomic mass is 16.4. The highest BCUT2D eigenvalue weighted by molar-refractivity contribution is 6.01. The summed E-state index contributed by atoms with van der Waals surface area (Å²) in [4.78, 5) is 16.0. The Morgan fingerprint density at radius 3 is 2.38 bits per heavy atom. The van der Waals surface area contributed by atoms with Crippen LogP contribution in [-0.4, -0.2) is 20.6 Å². The average Bonchev–Trinajstić information content (AvgIpc) is 2.70. The lowest BCUT2D eigenvalue weighted by atomic mass is 9.85. The molecule has 0 unspecified atom stereocenters. The molecule has 4 heteroatoms. The van der Waals surface area contributed by atoms with Crippen LogP contribution >= 0.6 is 0 Å². The number of fused-ring (bicyclic) bond motifs is 1. The van der Waals surface area contributed by atoms with Crippen LogP contribution in [0.1, 0.15) is 43.9 Å². The van der Waals surface area contributed by atoms with Gasteiger partial charge < -0.3 is 9.67 Å². The van der Waals surface area contributed by atoms with E-state index in [1.165, 1.54) is 0 Å². The lowest BCUT2D eigenvalue weighted by molar-refractivity contribution is 0.0698. The molecule has 0 saturated heterocycles. The van der Waals surface area contributed by atoms with Gasteiger partial charge >= 0.3 is 5.97 Å².